The Hall–Kier alpha value is -0.580. The topological polar surface area (TPSA) is 15.3 Å². The van der Waals surface area contributed by atoms with Gasteiger partial charge < -0.3 is 10.2 Å². The van der Waals surface area contributed by atoms with E-state index < -0.39 is 0 Å². The van der Waals surface area contributed by atoms with Crippen LogP contribution in [0.4, 0.5) is 4.39 Å². The van der Waals surface area contributed by atoms with Crippen molar-refractivity contribution in [2.45, 2.75) is 31.6 Å². The zero-order valence-corrected chi connectivity index (χ0v) is 13.3. The van der Waals surface area contributed by atoms with Crippen LogP contribution in [-0.4, -0.2) is 42.1 Å². The lowest BCUT2D eigenvalue weighted by Crippen LogP contribution is -2.38. The lowest BCUT2D eigenvalue weighted by atomic mass is 10.0. The Bertz CT molecular complexity index is 413. The van der Waals surface area contributed by atoms with Gasteiger partial charge in [0.15, 0.2) is 0 Å². The van der Waals surface area contributed by atoms with Gasteiger partial charge in [-0.1, -0.05) is 26.0 Å². The van der Waals surface area contributed by atoms with Gasteiger partial charge in [0.25, 0.3) is 0 Å². The second-order valence-corrected chi connectivity index (χ2v) is 6.98. The first kappa shape index (κ1) is 15.8. The minimum Gasteiger partial charge on any atom is -0.310 e. The third kappa shape index (κ3) is 4.76. The van der Waals surface area contributed by atoms with E-state index in [0.717, 1.165) is 30.3 Å². The maximum atomic E-state index is 13.4. The fraction of sp³-hybridized carbons (Fsp3) is 0.625. The van der Waals surface area contributed by atoms with Crippen molar-refractivity contribution in [3.63, 3.8) is 0 Å². The quantitative estimate of drug-likeness (QED) is 0.867. The summed E-state index contributed by atoms with van der Waals surface area (Å²) in [7, 11) is 0. The first-order valence-corrected chi connectivity index (χ1v) is 8.56. The summed E-state index contributed by atoms with van der Waals surface area (Å²) in [6.07, 6.45) is 1.04. The summed E-state index contributed by atoms with van der Waals surface area (Å²) in [5.74, 6) is 1.08. The molecular formula is C16H25FN2S. The fourth-order valence-corrected chi connectivity index (χ4v) is 3.84. The number of rotatable bonds is 6. The highest BCUT2D eigenvalue weighted by Crippen LogP contribution is 2.21. The zero-order chi connectivity index (χ0) is 14.4. The normalized spacial score (nSPS) is 21.9. The van der Waals surface area contributed by atoms with E-state index in [9.17, 15) is 4.39 Å². The van der Waals surface area contributed by atoms with Gasteiger partial charge in [-0.2, -0.15) is 11.8 Å². The van der Waals surface area contributed by atoms with Gasteiger partial charge in [-0.05, 0) is 30.7 Å². The van der Waals surface area contributed by atoms with Gasteiger partial charge in [0, 0.05) is 36.7 Å². The van der Waals surface area contributed by atoms with Crippen LogP contribution in [0.25, 0.3) is 0 Å². The molecule has 2 nitrogen and oxygen atoms in total. The highest BCUT2D eigenvalue weighted by Gasteiger charge is 2.18. The van der Waals surface area contributed by atoms with Crippen LogP contribution in [0.3, 0.4) is 0 Å². The fourth-order valence-electron chi connectivity index (χ4n) is 2.76. The molecule has 0 radical (unpaired) electrons. The molecule has 2 rings (SSSR count). The van der Waals surface area contributed by atoms with Crippen LogP contribution in [0, 0.1) is 5.82 Å². The smallest absolute Gasteiger partial charge is 0.123 e. The van der Waals surface area contributed by atoms with Crippen LogP contribution in [0.15, 0.2) is 24.3 Å². The van der Waals surface area contributed by atoms with E-state index in [2.05, 4.69) is 35.8 Å². The van der Waals surface area contributed by atoms with Crippen LogP contribution in [0.1, 0.15) is 31.9 Å². The van der Waals surface area contributed by atoms with Crippen LogP contribution in [-0.2, 0) is 0 Å². The lowest BCUT2D eigenvalue weighted by Gasteiger charge is -2.31. The van der Waals surface area contributed by atoms with Crippen molar-refractivity contribution in [1.82, 2.24) is 10.2 Å². The van der Waals surface area contributed by atoms with Gasteiger partial charge in [0.05, 0.1) is 0 Å². The Labute approximate surface area is 126 Å². The van der Waals surface area contributed by atoms with Gasteiger partial charge in [-0.25, -0.2) is 4.39 Å². The summed E-state index contributed by atoms with van der Waals surface area (Å²) < 4.78 is 13.4. The molecule has 0 amide bonds. The second kappa shape index (κ2) is 8.01. The van der Waals surface area contributed by atoms with E-state index in [1.807, 2.05) is 6.07 Å². The molecule has 1 N–H and O–H groups in total. The summed E-state index contributed by atoms with van der Waals surface area (Å²) in [4.78, 5) is 2.53. The van der Waals surface area contributed by atoms with E-state index >= 15 is 0 Å². The number of hydrogen-bond donors (Lipinski definition) is 1. The van der Waals surface area contributed by atoms with Crippen LogP contribution >= 0.6 is 11.8 Å². The molecule has 1 aliphatic rings. The van der Waals surface area contributed by atoms with Gasteiger partial charge >= 0.3 is 0 Å². The summed E-state index contributed by atoms with van der Waals surface area (Å²) in [5.41, 5.74) is 1.06. The molecule has 2 unspecified atom stereocenters. The predicted molar refractivity (Wildman–Crippen MR) is 85.8 cm³/mol. The molecule has 1 aromatic carbocycles. The van der Waals surface area contributed by atoms with Crippen molar-refractivity contribution in [2.75, 3.05) is 31.9 Å². The molecule has 4 heteroatoms. The Morgan fingerprint density at radius 3 is 3.05 bits per heavy atom. The number of thioether (sulfide) groups is 1. The number of nitrogens with zero attached hydrogens (tertiary/aromatic N) is 1. The minimum absolute atomic E-state index is 0.145. The molecule has 2 atom stereocenters. The predicted octanol–water partition coefficient (Wildman–Crippen LogP) is 3.30. The number of halogens is 1. The van der Waals surface area contributed by atoms with Crippen LogP contribution < -0.4 is 5.32 Å². The Kier molecular flexibility index (Phi) is 6.33. The Balaban J connectivity index is 1.92. The minimum atomic E-state index is -0.145. The summed E-state index contributed by atoms with van der Waals surface area (Å²) in [6, 6.07) is 7.23. The lowest BCUT2D eigenvalue weighted by molar-refractivity contribution is 0.268. The molecule has 0 aliphatic carbocycles. The van der Waals surface area contributed by atoms with Gasteiger partial charge in [0.2, 0.25) is 0 Å². The van der Waals surface area contributed by atoms with Gasteiger partial charge in [-0.15, -0.1) is 0 Å². The summed E-state index contributed by atoms with van der Waals surface area (Å²) in [6.45, 7) is 8.74. The molecule has 1 aliphatic heterocycles. The average Bonchev–Trinajstić information content (AvgIpc) is 2.43. The Morgan fingerprint density at radius 1 is 1.50 bits per heavy atom. The number of benzene rings is 1. The van der Waals surface area contributed by atoms with Crippen molar-refractivity contribution in [2.24, 2.45) is 0 Å². The van der Waals surface area contributed by atoms with E-state index in [0.29, 0.717) is 0 Å². The third-order valence-electron chi connectivity index (χ3n) is 3.76. The highest BCUT2D eigenvalue weighted by molar-refractivity contribution is 7.99. The van der Waals surface area contributed by atoms with E-state index in [-0.39, 0.29) is 11.9 Å². The molecule has 1 heterocycles. The first-order chi connectivity index (χ1) is 9.69. The molecular weight excluding hydrogens is 271 g/mol. The first-order valence-electron chi connectivity index (χ1n) is 7.52. The average molecular weight is 296 g/mol. The van der Waals surface area contributed by atoms with Crippen molar-refractivity contribution in [1.29, 1.82) is 0 Å². The molecule has 0 bridgehead atoms. The standard InChI is InChI=1S/C16H25FN2S/c1-3-18-16(14-5-4-6-15(17)11-14)7-8-19-9-10-20-13(2)12-19/h4-6,11,13,16,18H,3,7-10,12H2,1-2H3. The van der Waals surface area contributed by atoms with E-state index in [4.69, 9.17) is 0 Å². The second-order valence-electron chi connectivity index (χ2n) is 5.44. The molecule has 20 heavy (non-hydrogen) atoms. The van der Waals surface area contributed by atoms with Gasteiger partial charge in [0.1, 0.15) is 5.82 Å². The van der Waals surface area contributed by atoms with Crippen molar-refractivity contribution >= 4 is 11.8 Å². The molecule has 0 spiro atoms. The van der Waals surface area contributed by atoms with Crippen molar-refractivity contribution in [3.05, 3.63) is 35.6 Å². The maximum Gasteiger partial charge on any atom is 0.123 e. The number of hydrogen-bond acceptors (Lipinski definition) is 3. The molecule has 0 aromatic heterocycles. The summed E-state index contributed by atoms with van der Waals surface area (Å²) >= 11 is 2.06. The van der Waals surface area contributed by atoms with Crippen molar-refractivity contribution in [3.8, 4) is 0 Å². The largest absolute Gasteiger partial charge is 0.310 e. The molecule has 1 saturated heterocycles. The summed E-state index contributed by atoms with van der Waals surface area (Å²) in [5, 5.41) is 4.21. The SMILES string of the molecule is CCNC(CCN1CCSC(C)C1)c1cccc(F)c1. The third-order valence-corrected chi connectivity index (χ3v) is 4.90. The zero-order valence-electron chi connectivity index (χ0n) is 12.4. The molecule has 1 aromatic rings. The highest BCUT2D eigenvalue weighted by atomic mass is 32.2. The van der Waals surface area contributed by atoms with Crippen molar-refractivity contribution < 1.29 is 4.39 Å². The molecule has 1 fully saturated rings. The monoisotopic (exact) mass is 296 g/mol. The van der Waals surface area contributed by atoms with Gasteiger partial charge in [-0.3, -0.25) is 0 Å². The van der Waals surface area contributed by atoms with Crippen LogP contribution in [0.5, 0.6) is 0 Å². The number of nitrogens with one attached hydrogen (secondary N) is 1. The molecule has 0 saturated carbocycles. The van der Waals surface area contributed by atoms with E-state index in [1.54, 1.807) is 12.1 Å². The Morgan fingerprint density at radius 2 is 2.35 bits per heavy atom. The van der Waals surface area contributed by atoms with Crippen LogP contribution in [0.2, 0.25) is 0 Å². The van der Waals surface area contributed by atoms with E-state index in [1.165, 1.54) is 24.9 Å². The maximum absolute atomic E-state index is 13.4. The molecule has 112 valence electrons.